The predicted octanol–water partition coefficient (Wildman–Crippen LogP) is 5.88. The number of hydrogen-bond acceptors (Lipinski definition) is 4. The molecule has 0 fully saturated rings. The van der Waals surface area contributed by atoms with Crippen molar-refractivity contribution in [1.29, 1.82) is 0 Å². The normalized spacial score (nSPS) is 10.6. The molecule has 122 valence electrons. The minimum atomic E-state index is -0.0412. The lowest BCUT2D eigenvalue weighted by Crippen LogP contribution is -2.22. The summed E-state index contributed by atoms with van der Waals surface area (Å²) in [5.74, 6) is 0.722. The van der Waals surface area contributed by atoms with Crippen molar-refractivity contribution in [2.24, 2.45) is 0 Å². The number of thiazole rings is 1. The highest BCUT2D eigenvalue weighted by atomic mass is 79.9. The molecule has 0 unspecified atom stereocenters. The van der Waals surface area contributed by atoms with E-state index >= 15 is 0 Å². The highest BCUT2D eigenvalue weighted by Gasteiger charge is 2.17. The summed E-state index contributed by atoms with van der Waals surface area (Å²) < 4.78 is 1.08. The first kappa shape index (κ1) is 17.2. The highest BCUT2D eigenvalue weighted by Crippen LogP contribution is 2.33. The molecule has 1 aromatic heterocycles. The molecule has 0 saturated heterocycles. The van der Waals surface area contributed by atoms with E-state index < -0.39 is 0 Å². The molecular weight excluding hydrogens is 404 g/mol. The van der Waals surface area contributed by atoms with Gasteiger partial charge in [-0.1, -0.05) is 30.3 Å². The summed E-state index contributed by atoms with van der Waals surface area (Å²) in [5, 5.41) is 2.72. The lowest BCUT2D eigenvalue weighted by atomic mass is 10.3. The third-order valence-corrected chi connectivity index (χ3v) is 6.21. The van der Waals surface area contributed by atoms with Gasteiger partial charge in [-0.3, -0.25) is 9.69 Å². The van der Waals surface area contributed by atoms with E-state index in [1.54, 1.807) is 23.6 Å². The van der Waals surface area contributed by atoms with Gasteiger partial charge < -0.3 is 0 Å². The number of carbonyl (C=O) groups excluding carboxylic acids is 1. The molecule has 0 radical (unpaired) electrons. The molecule has 0 aliphatic carbocycles. The molecule has 0 N–H and O–H groups in total. The smallest absolute Gasteiger partial charge is 0.230 e. The van der Waals surface area contributed by atoms with E-state index in [1.807, 2.05) is 53.9 Å². The quantitative estimate of drug-likeness (QED) is 0.484. The van der Waals surface area contributed by atoms with Crippen molar-refractivity contribution in [2.45, 2.75) is 17.6 Å². The van der Waals surface area contributed by atoms with Gasteiger partial charge in [0.1, 0.15) is 0 Å². The van der Waals surface area contributed by atoms with Gasteiger partial charge in [-0.05, 0) is 40.2 Å². The lowest BCUT2D eigenvalue weighted by molar-refractivity contribution is -0.115. The summed E-state index contributed by atoms with van der Waals surface area (Å²) in [5.41, 5.74) is 1.81. The Bertz CT molecular complexity index is 836. The maximum Gasteiger partial charge on any atom is 0.230 e. The first-order chi connectivity index (χ1) is 11.6. The van der Waals surface area contributed by atoms with Gasteiger partial charge in [-0.25, -0.2) is 4.98 Å². The second kappa shape index (κ2) is 7.96. The molecule has 1 heterocycles. The van der Waals surface area contributed by atoms with Crippen molar-refractivity contribution in [3.05, 3.63) is 70.1 Å². The Morgan fingerprint density at radius 1 is 1.17 bits per heavy atom. The fourth-order valence-corrected chi connectivity index (χ4v) is 4.64. The largest absolute Gasteiger partial charge is 0.274 e. The van der Waals surface area contributed by atoms with Gasteiger partial charge in [0.05, 0.1) is 11.4 Å². The third kappa shape index (κ3) is 4.06. The molecule has 0 bridgehead atoms. The third-order valence-electron chi connectivity index (χ3n) is 3.27. The summed E-state index contributed by atoms with van der Waals surface area (Å²) >= 11 is 6.77. The second-order valence-electron chi connectivity index (χ2n) is 5.03. The van der Waals surface area contributed by atoms with Crippen molar-refractivity contribution < 1.29 is 4.79 Å². The fraction of sp³-hybridized carbons (Fsp3) is 0.111. The van der Waals surface area contributed by atoms with Gasteiger partial charge in [0.15, 0.2) is 5.13 Å². The molecule has 0 aliphatic heterocycles. The summed E-state index contributed by atoms with van der Waals surface area (Å²) in [7, 11) is 0. The van der Waals surface area contributed by atoms with Crippen molar-refractivity contribution >= 4 is 55.8 Å². The number of benzene rings is 2. The molecule has 3 nitrogen and oxygen atoms in total. The van der Waals surface area contributed by atoms with Crippen LogP contribution in [0.1, 0.15) is 12.6 Å². The van der Waals surface area contributed by atoms with E-state index in [-0.39, 0.29) is 5.91 Å². The molecule has 0 saturated carbocycles. The Morgan fingerprint density at radius 2 is 1.88 bits per heavy atom. The van der Waals surface area contributed by atoms with Crippen LogP contribution in [0.3, 0.4) is 0 Å². The number of rotatable bonds is 5. The maximum atomic E-state index is 12.1. The number of amides is 1. The van der Waals surface area contributed by atoms with Gasteiger partial charge in [0.2, 0.25) is 5.91 Å². The number of nitrogens with zero attached hydrogens (tertiary/aromatic N) is 2. The Kier molecular flexibility index (Phi) is 5.71. The minimum absolute atomic E-state index is 0.0412. The van der Waals surface area contributed by atoms with Crippen LogP contribution in [-0.2, 0) is 10.5 Å². The zero-order chi connectivity index (χ0) is 16.9. The van der Waals surface area contributed by atoms with Crippen LogP contribution in [0.4, 0.5) is 10.8 Å². The van der Waals surface area contributed by atoms with Gasteiger partial charge in [-0.15, -0.1) is 23.1 Å². The summed E-state index contributed by atoms with van der Waals surface area (Å²) in [6, 6.07) is 17.7. The summed E-state index contributed by atoms with van der Waals surface area (Å²) in [6.45, 7) is 1.56. The lowest BCUT2D eigenvalue weighted by Gasteiger charge is -2.17. The molecule has 3 rings (SSSR count). The van der Waals surface area contributed by atoms with Gasteiger partial charge in [0.25, 0.3) is 0 Å². The standard InChI is InChI=1S/C18H15BrN2OS2/c1-13(22)21(15-7-3-2-4-8-15)18-20-14(12-24-18)11-23-17-10-6-5-9-16(17)19/h2-10,12H,11H2,1H3. The minimum Gasteiger partial charge on any atom is -0.274 e. The van der Waals surface area contributed by atoms with Crippen LogP contribution in [-0.4, -0.2) is 10.9 Å². The Labute approximate surface area is 157 Å². The predicted molar refractivity (Wildman–Crippen MR) is 105 cm³/mol. The van der Waals surface area contributed by atoms with Gasteiger partial charge in [-0.2, -0.15) is 0 Å². The average molecular weight is 419 g/mol. The van der Waals surface area contributed by atoms with Crippen molar-refractivity contribution in [1.82, 2.24) is 4.98 Å². The van der Waals surface area contributed by atoms with E-state index in [0.29, 0.717) is 5.13 Å². The molecule has 6 heteroatoms. The molecule has 2 aromatic carbocycles. The zero-order valence-corrected chi connectivity index (χ0v) is 16.2. The van der Waals surface area contributed by atoms with Gasteiger partial charge >= 0.3 is 0 Å². The molecular formula is C18H15BrN2OS2. The van der Waals surface area contributed by atoms with E-state index in [9.17, 15) is 4.79 Å². The van der Waals surface area contributed by atoms with Crippen LogP contribution in [0, 0.1) is 0 Å². The van der Waals surface area contributed by atoms with E-state index in [2.05, 4.69) is 27.0 Å². The number of anilines is 2. The monoisotopic (exact) mass is 418 g/mol. The Balaban J connectivity index is 1.77. The molecule has 3 aromatic rings. The van der Waals surface area contributed by atoms with Gasteiger partial charge in [0, 0.05) is 27.4 Å². The van der Waals surface area contributed by atoms with E-state index in [0.717, 1.165) is 21.6 Å². The van der Waals surface area contributed by atoms with Crippen LogP contribution < -0.4 is 4.90 Å². The molecule has 1 amide bonds. The van der Waals surface area contributed by atoms with Crippen molar-refractivity contribution in [2.75, 3.05) is 4.90 Å². The average Bonchev–Trinajstić information content (AvgIpc) is 3.03. The van der Waals surface area contributed by atoms with E-state index in [4.69, 9.17) is 0 Å². The van der Waals surface area contributed by atoms with Crippen molar-refractivity contribution in [3.8, 4) is 0 Å². The maximum absolute atomic E-state index is 12.1. The Hall–Kier alpha value is -1.63. The second-order valence-corrected chi connectivity index (χ2v) is 7.74. The summed E-state index contributed by atoms with van der Waals surface area (Å²) in [4.78, 5) is 19.5. The first-order valence-electron chi connectivity index (χ1n) is 7.32. The number of carbonyl (C=O) groups is 1. The number of para-hydroxylation sites is 1. The molecule has 0 spiro atoms. The van der Waals surface area contributed by atoms with Crippen LogP contribution in [0.2, 0.25) is 0 Å². The fourth-order valence-electron chi connectivity index (χ4n) is 2.18. The molecule has 0 aliphatic rings. The topological polar surface area (TPSA) is 33.2 Å². The first-order valence-corrected chi connectivity index (χ1v) is 9.98. The zero-order valence-electron chi connectivity index (χ0n) is 13.0. The van der Waals surface area contributed by atoms with Crippen LogP contribution in [0.25, 0.3) is 0 Å². The molecule has 24 heavy (non-hydrogen) atoms. The molecule has 0 atom stereocenters. The number of hydrogen-bond donors (Lipinski definition) is 0. The Morgan fingerprint density at radius 3 is 2.58 bits per heavy atom. The SMILES string of the molecule is CC(=O)N(c1ccccc1)c1nc(CSc2ccccc2Br)cs1. The van der Waals surface area contributed by atoms with Crippen LogP contribution in [0.15, 0.2) is 69.3 Å². The van der Waals surface area contributed by atoms with Crippen molar-refractivity contribution in [3.63, 3.8) is 0 Å². The number of halogens is 1. The van der Waals surface area contributed by atoms with E-state index in [1.165, 1.54) is 16.2 Å². The highest BCUT2D eigenvalue weighted by molar-refractivity contribution is 9.10. The summed E-state index contributed by atoms with van der Waals surface area (Å²) in [6.07, 6.45) is 0. The van der Waals surface area contributed by atoms with Crippen LogP contribution >= 0.6 is 39.0 Å². The number of thioether (sulfide) groups is 1. The van der Waals surface area contributed by atoms with Crippen LogP contribution in [0.5, 0.6) is 0 Å². The number of aromatic nitrogens is 1.